The average molecular weight is 286 g/mol. The van der Waals surface area contributed by atoms with Crippen LogP contribution < -0.4 is 5.73 Å². The van der Waals surface area contributed by atoms with Gasteiger partial charge in [0.25, 0.3) is 0 Å². The number of nitrogens with zero attached hydrogens (tertiary/aromatic N) is 1. The van der Waals surface area contributed by atoms with Crippen LogP contribution in [0.4, 0.5) is 0 Å². The molecule has 3 heteroatoms. The number of rotatable bonds is 3. The number of para-hydroxylation sites is 1. The van der Waals surface area contributed by atoms with Gasteiger partial charge in [0.15, 0.2) is 0 Å². The van der Waals surface area contributed by atoms with Gasteiger partial charge in [-0.2, -0.15) is 0 Å². The topological polar surface area (TPSA) is 42.4 Å². The zero-order chi connectivity index (χ0) is 14.8. The van der Waals surface area contributed by atoms with Crippen LogP contribution in [-0.4, -0.2) is 24.5 Å². The van der Waals surface area contributed by atoms with E-state index < -0.39 is 0 Å². The van der Waals surface area contributed by atoms with Gasteiger partial charge < -0.3 is 10.2 Å². The lowest BCUT2D eigenvalue weighted by molar-refractivity contribution is 0.207. The largest absolute Gasteiger partial charge is 0.461 e. The zero-order valence-corrected chi connectivity index (χ0v) is 13.1. The maximum Gasteiger partial charge on any atom is 0.134 e. The number of nitrogens with two attached hydrogens (primary N) is 1. The van der Waals surface area contributed by atoms with E-state index in [2.05, 4.69) is 30.9 Å². The number of hydrogen-bond donors (Lipinski definition) is 1. The van der Waals surface area contributed by atoms with Crippen LogP contribution in [0, 0.1) is 12.8 Å². The molecule has 1 aromatic heterocycles. The van der Waals surface area contributed by atoms with Gasteiger partial charge in [0.2, 0.25) is 0 Å². The van der Waals surface area contributed by atoms with Crippen LogP contribution in [0.2, 0.25) is 0 Å². The molecule has 1 aliphatic rings. The summed E-state index contributed by atoms with van der Waals surface area (Å²) >= 11 is 0. The molecule has 3 rings (SSSR count). The van der Waals surface area contributed by atoms with Crippen LogP contribution in [-0.2, 0) is 0 Å². The molecule has 0 spiro atoms. The normalized spacial score (nSPS) is 22.3. The molecular formula is C18H26N2O. The van der Waals surface area contributed by atoms with E-state index in [-0.39, 0.29) is 6.04 Å². The van der Waals surface area contributed by atoms with Gasteiger partial charge >= 0.3 is 0 Å². The Morgan fingerprint density at radius 1 is 1.29 bits per heavy atom. The van der Waals surface area contributed by atoms with Crippen LogP contribution in [0.5, 0.6) is 0 Å². The summed E-state index contributed by atoms with van der Waals surface area (Å²) in [4.78, 5) is 2.56. The van der Waals surface area contributed by atoms with E-state index >= 15 is 0 Å². The lowest BCUT2D eigenvalue weighted by Gasteiger charge is -2.30. The van der Waals surface area contributed by atoms with E-state index in [4.69, 9.17) is 10.2 Å². The van der Waals surface area contributed by atoms with Crippen LogP contribution in [0.3, 0.4) is 0 Å². The van der Waals surface area contributed by atoms with E-state index in [1.165, 1.54) is 30.2 Å². The number of aryl methyl sites for hydroxylation is 1. The van der Waals surface area contributed by atoms with E-state index in [1.54, 1.807) is 0 Å². The fourth-order valence-corrected chi connectivity index (χ4v) is 3.65. The van der Waals surface area contributed by atoms with E-state index in [1.807, 2.05) is 12.1 Å². The van der Waals surface area contributed by atoms with Gasteiger partial charge in [0, 0.05) is 17.5 Å². The molecule has 3 nitrogen and oxygen atoms in total. The predicted octanol–water partition coefficient (Wildman–Crippen LogP) is 3.86. The first-order valence-electron chi connectivity index (χ1n) is 8.13. The van der Waals surface area contributed by atoms with Crippen molar-refractivity contribution in [3.63, 3.8) is 0 Å². The van der Waals surface area contributed by atoms with Gasteiger partial charge in [-0.1, -0.05) is 25.1 Å². The Labute approximate surface area is 127 Å². The summed E-state index contributed by atoms with van der Waals surface area (Å²) in [5.41, 5.74) is 8.43. The summed E-state index contributed by atoms with van der Waals surface area (Å²) in [6, 6.07) is 8.59. The smallest absolute Gasteiger partial charge is 0.134 e. The first-order chi connectivity index (χ1) is 10.2. The number of likely N-dealkylation sites (tertiary alicyclic amines) is 1. The Balaban J connectivity index is 1.96. The average Bonchev–Trinajstić information content (AvgIpc) is 2.66. The zero-order valence-electron chi connectivity index (χ0n) is 13.1. The van der Waals surface area contributed by atoms with Crippen LogP contribution in [0.25, 0.3) is 11.0 Å². The van der Waals surface area contributed by atoms with Gasteiger partial charge in [-0.3, -0.25) is 4.90 Å². The van der Waals surface area contributed by atoms with Gasteiger partial charge in [-0.05, 0) is 51.3 Å². The molecule has 1 aliphatic heterocycles. The minimum absolute atomic E-state index is 0.277. The van der Waals surface area contributed by atoms with Crippen LogP contribution in [0.1, 0.15) is 43.6 Å². The molecule has 2 heterocycles. The Morgan fingerprint density at radius 3 is 2.90 bits per heavy atom. The molecular weight excluding hydrogens is 260 g/mol. The number of benzene rings is 1. The number of fused-ring (bicyclic) bond motifs is 1. The summed E-state index contributed by atoms with van der Waals surface area (Å²) in [5.74, 6) is 1.85. The maximum atomic E-state index is 6.16. The molecule has 0 radical (unpaired) electrons. The minimum Gasteiger partial charge on any atom is -0.461 e. The monoisotopic (exact) mass is 286 g/mol. The summed E-state index contributed by atoms with van der Waals surface area (Å²) in [5, 5.41) is 1.22. The second-order valence-electron chi connectivity index (χ2n) is 6.39. The summed E-state index contributed by atoms with van der Waals surface area (Å²) in [7, 11) is 0. The second kappa shape index (κ2) is 6.20. The molecule has 2 unspecified atom stereocenters. The Kier molecular flexibility index (Phi) is 4.32. The fraction of sp³-hybridized carbons (Fsp3) is 0.556. The maximum absolute atomic E-state index is 6.16. The highest BCUT2D eigenvalue weighted by molar-refractivity contribution is 5.82. The minimum atomic E-state index is 0.277. The van der Waals surface area contributed by atoms with E-state index in [0.717, 1.165) is 30.4 Å². The molecule has 114 valence electrons. The third kappa shape index (κ3) is 2.85. The Morgan fingerprint density at radius 2 is 2.10 bits per heavy atom. The molecule has 2 N–H and O–H groups in total. The molecule has 0 saturated carbocycles. The predicted molar refractivity (Wildman–Crippen MR) is 87.3 cm³/mol. The van der Waals surface area contributed by atoms with Crippen molar-refractivity contribution >= 4 is 11.0 Å². The van der Waals surface area contributed by atoms with Crippen LogP contribution >= 0.6 is 0 Å². The Bertz CT molecular complexity index is 604. The molecule has 0 aliphatic carbocycles. The standard InChI is InChI=1S/C18H26N2O/c1-13-6-5-10-20(11-9-13)16(12-19)18-14(2)21-17-8-4-3-7-15(17)18/h3-4,7-8,13,16H,5-6,9-12,19H2,1-2H3. The highest BCUT2D eigenvalue weighted by Crippen LogP contribution is 2.34. The van der Waals surface area contributed by atoms with Gasteiger partial charge in [0.1, 0.15) is 11.3 Å². The van der Waals surface area contributed by atoms with Crippen molar-refractivity contribution in [1.82, 2.24) is 4.90 Å². The van der Waals surface area contributed by atoms with Gasteiger partial charge in [-0.15, -0.1) is 0 Å². The fourth-order valence-electron chi connectivity index (χ4n) is 3.65. The molecule has 1 aromatic carbocycles. The van der Waals surface area contributed by atoms with Crippen molar-refractivity contribution in [2.24, 2.45) is 11.7 Å². The lowest BCUT2D eigenvalue weighted by Crippen LogP contribution is -2.34. The first kappa shape index (κ1) is 14.6. The van der Waals surface area contributed by atoms with E-state index in [9.17, 15) is 0 Å². The number of furan rings is 1. The van der Waals surface area contributed by atoms with Gasteiger partial charge in [-0.25, -0.2) is 0 Å². The third-order valence-electron chi connectivity index (χ3n) is 4.87. The summed E-state index contributed by atoms with van der Waals surface area (Å²) in [6.45, 7) is 7.36. The van der Waals surface area contributed by atoms with E-state index in [0.29, 0.717) is 6.54 Å². The van der Waals surface area contributed by atoms with Crippen molar-refractivity contribution in [2.75, 3.05) is 19.6 Å². The number of hydrogen-bond acceptors (Lipinski definition) is 3. The Hall–Kier alpha value is -1.32. The highest BCUT2D eigenvalue weighted by Gasteiger charge is 2.26. The molecule has 0 amide bonds. The van der Waals surface area contributed by atoms with Crippen molar-refractivity contribution in [3.05, 3.63) is 35.6 Å². The van der Waals surface area contributed by atoms with Gasteiger partial charge in [0.05, 0.1) is 6.04 Å². The summed E-state index contributed by atoms with van der Waals surface area (Å²) in [6.07, 6.45) is 3.87. The van der Waals surface area contributed by atoms with Crippen LogP contribution in [0.15, 0.2) is 28.7 Å². The van der Waals surface area contributed by atoms with Crippen molar-refractivity contribution in [3.8, 4) is 0 Å². The molecule has 21 heavy (non-hydrogen) atoms. The second-order valence-corrected chi connectivity index (χ2v) is 6.39. The third-order valence-corrected chi connectivity index (χ3v) is 4.87. The van der Waals surface area contributed by atoms with Crippen molar-refractivity contribution < 1.29 is 4.42 Å². The summed E-state index contributed by atoms with van der Waals surface area (Å²) < 4.78 is 5.94. The molecule has 2 aromatic rings. The van der Waals surface area contributed by atoms with Crippen molar-refractivity contribution in [2.45, 2.75) is 39.2 Å². The quantitative estimate of drug-likeness (QED) is 0.931. The first-order valence-corrected chi connectivity index (χ1v) is 8.13. The molecule has 0 bridgehead atoms. The van der Waals surface area contributed by atoms with Crippen molar-refractivity contribution in [1.29, 1.82) is 0 Å². The lowest BCUT2D eigenvalue weighted by atomic mass is 10.0. The molecule has 2 atom stereocenters. The highest BCUT2D eigenvalue weighted by atomic mass is 16.3. The molecule has 1 fully saturated rings. The SMILES string of the molecule is Cc1oc2ccccc2c1C(CN)N1CCCC(C)CC1. The molecule has 1 saturated heterocycles.